The summed E-state index contributed by atoms with van der Waals surface area (Å²) in [6.45, 7) is 2.66. The monoisotopic (exact) mass is 261 g/mol. The fourth-order valence-electron chi connectivity index (χ4n) is 3.18. The maximum Gasteiger partial charge on any atom is 0.410 e. The third-order valence-corrected chi connectivity index (χ3v) is 4.07. The number of rotatable bonds is 3. The van der Waals surface area contributed by atoms with Crippen LogP contribution in [-0.2, 0) is 11.2 Å². The van der Waals surface area contributed by atoms with E-state index >= 15 is 0 Å². The fraction of sp³-hybridized carbons (Fsp3) is 0.533. The summed E-state index contributed by atoms with van der Waals surface area (Å²) in [5, 5.41) is 0. The van der Waals surface area contributed by atoms with Gasteiger partial charge >= 0.3 is 6.09 Å². The standard InChI is InChI=1S/C15H19NO3/c1-3-4-14-13-8-12(18-2)6-5-10(13)7-11-9-19-15(17)16(11)14/h5-6,8,11,14H,3-4,7,9H2,1-2H3/t11-,14+/m0/s1. The quantitative estimate of drug-likeness (QED) is 0.839. The number of benzene rings is 1. The second-order valence-corrected chi connectivity index (χ2v) is 5.21. The minimum Gasteiger partial charge on any atom is -0.497 e. The number of nitrogens with zero attached hydrogens (tertiary/aromatic N) is 1. The summed E-state index contributed by atoms with van der Waals surface area (Å²) in [6.07, 6.45) is 2.71. The molecule has 0 aliphatic carbocycles. The Morgan fingerprint density at radius 1 is 1.47 bits per heavy atom. The van der Waals surface area contributed by atoms with E-state index < -0.39 is 0 Å². The van der Waals surface area contributed by atoms with Crippen molar-refractivity contribution >= 4 is 6.09 Å². The number of amides is 1. The number of carbonyl (C=O) groups excluding carboxylic acids is 1. The van der Waals surface area contributed by atoms with Crippen molar-refractivity contribution in [2.75, 3.05) is 13.7 Å². The summed E-state index contributed by atoms with van der Waals surface area (Å²) in [6, 6.07) is 6.51. The first-order valence-electron chi connectivity index (χ1n) is 6.86. The van der Waals surface area contributed by atoms with E-state index in [-0.39, 0.29) is 18.2 Å². The number of carbonyl (C=O) groups is 1. The maximum atomic E-state index is 11.9. The Kier molecular flexibility index (Phi) is 3.09. The molecule has 0 unspecified atom stereocenters. The summed E-state index contributed by atoms with van der Waals surface area (Å²) in [7, 11) is 1.67. The van der Waals surface area contributed by atoms with Crippen molar-refractivity contribution in [3.05, 3.63) is 29.3 Å². The van der Waals surface area contributed by atoms with Gasteiger partial charge in [0.25, 0.3) is 0 Å². The molecule has 4 nitrogen and oxygen atoms in total. The van der Waals surface area contributed by atoms with Crippen LogP contribution in [0.4, 0.5) is 4.79 Å². The largest absolute Gasteiger partial charge is 0.497 e. The lowest BCUT2D eigenvalue weighted by Crippen LogP contribution is -2.42. The third kappa shape index (κ3) is 1.95. The van der Waals surface area contributed by atoms with E-state index in [1.165, 1.54) is 11.1 Å². The average Bonchev–Trinajstić information content (AvgIpc) is 2.80. The van der Waals surface area contributed by atoms with E-state index in [9.17, 15) is 4.79 Å². The second kappa shape index (κ2) is 4.76. The predicted octanol–water partition coefficient (Wildman–Crippen LogP) is 2.91. The number of cyclic esters (lactones) is 1. The van der Waals surface area contributed by atoms with Crippen molar-refractivity contribution in [3.8, 4) is 5.75 Å². The summed E-state index contributed by atoms with van der Waals surface area (Å²) in [4.78, 5) is 13.9. The van der Waals surface area contributed by atoms with Crippen molar-refractivity contribution in [2.45, 2.75) is 38.3 Å². The Balaban J connectivity index is 2.04. The summed E-state index contributed by atoms with van der Waals surface area (Å²) in [5.41, 5.74) is 2.54. The van der Waals surface area contributed by atoms with Gasteiger partial charge in [0.1, 0.15) is 12.4 Å². The predicted molar refractivity (Wildman–Crippen MR) is 71.3 cm³/mol. The average molecular weight is 261 g/mol. The number of hydrogen-bond acceptors (Lipinski definition) is 3. The van der Waals surface area contributed by atoms with Crippen molar-refractivity contribution in [1.29, 1.82) is 0 Å². The molecule has 1 amide bonds. The van der Waals surface area contributed by atoms with Crippen LogP contribution in [-0.4, -0.2) is 30.8 Å². The van der Waals surface area contributed by atoms with Crippen molar-refractivity contribution in [3.63, 3.8) is 0 Å². The number of methoxy groups -OCH3 is 1. The zero-order chi connectivity index (χ0) is 13.4. The molecule has 1 saturated heterocycles. The topological polar surface area (TPSA) is 38.8 Å². The smallest absolute Gasteiger partial charge is 0.410 e. The molecule has 2 aliphatic heterocycles. The molecule has 1 fully saturated rings. The van der Waals surface area contributed by atoms with E-state index in [1.54, 1.807) is 7.11 Å². The van der Waals surface area contributed by atoms with E-state index in [4.69, 9.17) is 9.47 Å². The first kappa shape index (κ1) is 12.3. The van der Waals surface area contributed by atoms with Gasteiger partial charge in [0.2, 0.25) is 0 Å². The molecule has 0 N–H and O–H groups in total. The summed E-state index contributed by atoms with van der Waals surface area (Å²) < 4.78 is 10.5. The fourth-order valence-corrected chi connectivity index (χ4v) is 3.18. The van der Waals surface area contributed by atoms with E-state index in [0.29, 0.717) is 6.61 Å². The van der Waals surface area contributed by atoms with Crippen LogP contribution in [0.1, 0.15) is 36.9 Å². The van der Waals surface area contributed by atoms with Gasteiger partial charge in [0.15, 0.2) is 0 Å². The molecule has 2 heterocycles. The molecule has 2 aliphatic rings. The molecule has 1 aromatic rings. The lowest BCUT2D eigenvalue weighted by Gasteiger charge is -2.37. The maximum absolute atomic E-state index is 11.9. The van der Waals surface area contributed by atoms with Gasteiger partial charge in [-0.3, -0.25) is 4.90 Å². The minimum absolute atomic E-state index is 0.129. The number of ether oxygens (including phenoxy) is 2. The highest BCUT2D eigenvalue weighted by Gasteiger charge is 2.42. The molecule has 3 rings (SSSR count). The molecule has 0 saturated carbocycles. The first-order chi connectivity index (χ1) is 9.24. The van der Waals surface area contributed by atoms with Gasteiger partial charge in [0, 0.05) is 0 Å². The second-order valence-electron chi connectivity index (χ2n) is 5.21. The van der Waals surface area contributed by atoms with Gasteiger partial charge < -0.3 is 9.47 Å². The zero-order valence-electron chi connectivity index (χ0n) is 11.4. The Labute approximate surface area is 113 Å². The van der Waals surface area contributed by atoms with Gasteiger partial charge in [-0.15, -0.1) is 0 Å². The lowest BCUT2D eigenvalue weighted by atomic mass is 9.87. The van der Waals surface area contributed by atoms with E-state index in [1.807, 2.05) is 11.0 Å². The highest BCUT2D eigenvalue weighted by atomic mass is 16.6. The van der Waals surface area contributed by atoms with E-state index in [0.717, 1.165) is 25.0 Å². The Morgan fingerprint density at radius 2 is 2.32 bits per heavy atom. The highest BCUT2D eigenvalue weighted by molar-refractivity contribution is 5.72. The molecule has 4 heteroatoms. The molecular weight excluding hydrogens is 242 g/mol. The Morgan fingerprint density at radius 3 is 3.05 bits per heavy atom. The summed E-state index contributed by atoms with van der Waals surface area (Å²) in [5.74, 6) is 0.853. The van der Waals surface area contributed by atoms with Crippen LogP contribution in [0.5, 0.6) is 5.75 Å². The lowest BCUT2D eigenvalue weighted by molar-refractivity contribution is 0.137. The minimum atomic E-state index is -0.170. The summed E-state index contributed by atoms with van der Waals surface area (Å²) >= 11 is 0. The first-order valence-corrected chi connectivity index (χ1v) is 6.86. The van der Waals surface area contributed by atoms with Crippen LogP contribution < -0.4 is 4.74 Å². The molecule has 0 bridgehead atoms. The molecular formula is C15H19NO3. The third-order valence-electron chi connectivity index (χ3n) is 4.07. The molecule has 0 radical (unpaired) electrons. The van der Waals surface area contributed by atoms with Crippen molar-refractivity contribution in [2.24, 2.45) is 0 Å². The molecule has 102 valence electrons. The van der Waals surface area contributed by atoms with Gasteiger partial charge in [-0.05, 0) is 36.1 Å². The van der Waals surface area contributed by atoms with Gasteiger partial charge in [-0.2, -0.15) is 0 Å². The Hall–Kier alpha value is -1.71. The molecule has 19 heavy (non-hydrogen) atoms. The molecule has 1 aromatic carbocycles. The van der Waals surface area contributed by atoms with Gasteiger partial charge in [-0.25, -0.2) is 4.79 Å². The number of hydrogen-bond donors (Lipinski definition) is 0. The van der Waals surface area contributed by atoms with Gasteiger partial charge in [-0.1, -0.05) is 19.4 Å². The zero-order valence-corrected chi connectivity index (χ0v) is 11.4. The Bertz CT molecular complexity index is 500. The number of fused-ring (bicyclic) bond motifs is 2. The van der Waals surface area contributed by atoms with Crippen LogP contribution in [0.25, 0.3) is 0 Å². The SMILES string of the molecule is CCC[C@@H]1c2cc(OC)ccc2C[C@H]2COC(=O)N21. The van der Waals surface area contributed by atoms with Crippen LogP contribution in [0.2, 0.25) is 0 Å². The van der Waals surface area contributed by atoms with Crippen molar-refractivity contribution < 1.29 is 14.3 Å². The van der Waals surface area contributed by atoms with Crippen molar-refractivity contribution in [1.82, 2.24) is 4.90 Å². The molecule has 0 spiro atoms. The normalized spacial score (nSPS) is 24.7. The van der Waals surface area contributed by atoms with Crippen LogP contribution in [0.3, 0.4) is 0 Å². The van der Waals surface area contributed by atoms with E-state index in [2.05, 4.69) is 19.1 Å². The van der Waals surface area contributed by atoms with Crippen LogP contribution >= 0.6 is 0 Å². The molecule has 2 atom stereocenters. The highest BCUT2D eigenvalue weighted by Crippen LogP contribution is 2.40. The van der Waals surface area contributed by atoms with Crippen LogP contribution in [0, 0.1) is 0 Å². The molecule has 0 aromatic heterocycles. The van der Waals surface area contributed by atoms with Gasteiger partial charge in [0.05, 0.1) is 19.2 Å². The van der Waals surface area contributed by atoms with Crippen LogP contribution in [0.15, 0.2) is 18.2 Å².